The van der Waals surface area contributed by atoms with Gasteiger partial charge in [-0.2, -0.15) is 0 Å². The molecule has 80 valence electrons. The molecule has 0 fully saturated rings. The summed E-state index contributed by atoms with van der Waals surface area (Å²) < 4.78 is 0. The van der Waals surface area contributed by atoms with Crippen LogP contribution in [-0.2, 0) is 11.2 Å². The molecule has 0 amide bonds. The van der Waals surface area contributed by atoms with E-state index in [-0.39, 0.29) is 0 Å². The number of carboxylic acid groups (broad SMARTS) is 1. The van der Waals surface area contributed by atoms with E-state index in [1.807, 2.05) is 18.2 Å². The minimum atomic E-state index is -0.763. The fourth-order valence-corrected chi connectivity index (χ4v) is 2.00. The van der Waals surface area contributed by atoms with Crippen LogP contribution in [0, 0.1) is 0 Å². The van der Waals surface area contributed by atoms with E-state index >= 15 is 0 Å². The predicted molar refractivity (Wildman–Crippen MR) is 59.5 cm³/mol. The molecular formula is C12H15NO2. The van der Waals surface area contributed by atoms with Gasteiger partial charge < -0.3 is 10.0 Å². The Labute approximate surface area is 89.3 Å². The van der Waals surface area contributed by atoms with Crippen molar-refractivity contribution in [2.75, 3.05) is 18.5 Å². The molecule has 1 heterocycles. The maximum absolute atomic E-state index is 10.9. The normalized spacial score (nSPS) is 16.3. The van der Waals surface area contributed by atoms with Crippen LogP contribution in [0.25, 0.3) is 0 Å². The molecule has 3 nitrogen and oxygen atoms in total. The fourth-order valence-electron chi connectivity index (χ4n) is 2.00. The van der Waals surface area contributed by atoms with E-state index in [2.05, 4.69) is 11.9 Å². The highest BCUT2D eigenvalue weighted by Gasteiger charge is 2.19. The first-order chi connectivity index (χ1) is 7.09. The molecule has 1 unspecified atom stereocenters. The first kappa shape index (κ1) is 10.0. The smallest absolute Gasteiger partial charge is 0.310 e. The summed E-state index contributed by atoms with van der Waals surface area (Å²) in [5.41, 5.74) is 3.40. The standard InChI is InChI=1S/C12H15NO2/c1-8(12(14)15)9-3-4-11-10(7-9)5-6-13(11)2/h3-4,7-8H,5-6H2,1-2H3,(H,14,15). The SMILES string of the molecule is CC(C(=O)O)c1ccc2c(c1)CCN2C. The number of aliphatic carboxylic acids is 1. The lowest BCUT2D eigenvalue weighted by Gasteiger charge is -2.13. The molecule has 0 aliphatic carbocycles. The zero-order valence-electron chi connectivity index (χ0n) is 9.03. The first-order valence-electron chi connectivity index (χ1n) is 5.16. The van der Waals surface area contributed by atoms with Gasteiger partial charge in [0.25, 0.3) is 0 Å². The van der Waals surface area contributed by atoms with Gasteiger partial charge in [0.15, 0.2) is 0 Å². The Hall–Kier alpha value is -1.51. The van der Waals surface area contributed by atoms with Crippen LogP contribution in [0.5, 0.6) is 0 Å². The molecule has 1 aliphatic heterocycles. The number of carbonyl (C=O) groups is 1. The second-order valence-electron chi connectivity index (χ2n) is 4.12. The van der Waals surface area contributed by atoms with Gasteiger partial charge in [-0.15, -0.1) is 0 Å². The topological polar surface area (TPSA) is 40.5 Å². The molecule has 1 atom stereocenters. The largest absolute Gasteiger partial charge is 0.481 e. The van der Waals surface area contributed by atoms with Crippen LogP contribution in [0.3, 0.4) is 0 Å². The lowest BCUT2D eigenvalue weighted by atomic mass is 9.98. The molecule has 0 saturated heterocycles. The summed E-state index contributed by atoms with van der Waals surface area (Å²) in [6, 6.07) is 5.97. The number of benzene rings is 1. The second-order valence-corrected chi connectivity index (χ2v) is 4.12. The monoisotopic (exact) mass is 205 g/mol. The number of fused-ring (bicyclic) bond motifs is 1. The number of likely N-dealkylation sites (N-methyl/N-ethyl adjacent to an activating group) is 1. The Bertz CT molecular complexity index is 401. The third-order valence-corrected chi connectivity index (χ3v) is 3.10. The van der Waals surface area contributed by atoms with Crippen molar-refractivity contribution in [3.05, 3.63) is 29.3 Å². The van der Waals surface area contributed by atoms with Crippen LogP contribution >= 0.6 is 0 Å². The number of rotatable bonds is 2. The number of carboxylic acids is 1. The Morgan fingerprint density at radius 3 is 2.93 bits per heavy atom. The molecule has 1 aromatic carbocycles. The Balaban J connectivity index is 2.34. The van der Waals surface area contributed by atoms with Crippen molar-refractivity contribution in [3.8, 4) is 0 Å². The molecule has 0 radical (unpaired) electrons. The number of nitrogens with zero attached hydrogens (tertiary/aromatic N) is 1. The van der Waals surface area contributed by atoms with Crippen LogP contribution in [0.1, 0.15) is 24.0 Å². The van der Waals surface area contributed by atoms with E-state index in [9.17, 15) is 4.79 Å². The van der Waals surface area contributed by atoms with Crippen molar-refractivity contribution in [3.63, 3.8) is 0 Å². The summed E-state index contributed by atoms with van der Waals surface area (Å²) in [5.74, 6) is -1.18. The lowest BCUT2D eigenvalue weighted by Crippen LogP contribution is -2.12. The van der Waals surface area contributed by atoms with Crippen LogP contribution in [0.4, 0.5) is 5.69 Å². The average molecular weight is 205 g/mol. The summed E-state index contributed by atoms with van der Waals surface area (Å²) in [6.45, 7) is 2.75. The van der Waals surface area contributed by atoms with E-state index in [1.54, 1.807) is 6.92 Å². The van der Waals surface area contributed by atoms with Crippen molar-refractivity contribution in [1.29, 1.82) is 0 Å². The molecule has 3 heteroatoms. The fraction of sp³-hybridized carbons (Fsp3) is 0.417. The van der Waals surface area contributed by atoms with Crippen LogP contribution in [-0.4, -0.2) is 24.7 Å². The Morgan fingerprint density at radius 1 is 1.53 bits per heavy atom. The van der Waals surface area contributed by atoms with Crippen molar-refractivity contribution >= 4 is 11.7 Å². The third kappa shape index (κ3) is 1.69. The highest BCUT2D eigenvalue weighted by Crippen LogP contribution is 2.29. The molecule has 2 rings (SSSR count). The van der Waals surface area contributed by atoms with Crippen molar-refractivity contribution < 1.29 is 9.90 Å². The lowest BCUT2D eigenvalue weighted by molar-refractivity contribution is -0.138. The van der Waals surface area contributed by atoms with Gasteiger partial charge in [0.1, 0.15) is 0 Å². The first-order valence-corrected chi connectivity index (χ1v) is 5.16. The van der Waals surface area contributed by atoms with Gasteiger partial charge in [-0.1, -0.05) is 12.1 Å². The van der Waals surface area contributed by atoms with E-state index in [1.165, 1.54) is 11.3 Å². The van der Waals surface area contributed by atoms with Gasteiger partial charge >= 0.3 is 5.97 Å². The zero-order chi connectivity index (χ0) is 11.0. The molecule has 0 spiro atoms. The zero-order valence-corrected chi connectivity index (χ0v) is 9.03. The maximum Gasteiger partial charge on any atom is 0.310 e. The Morgan fingerprint density at radius 2 is 2.27 bits per heavy atom. The predicted octanol–water partition coefficient (Wildman–Crippen LogP) is 1.87. The minimum Gasteiger partial charge on any atom is -0.481 e. The van der Waals surface area contributed by atoms with Gasteiger partial charge in [0, 0.05) is 19.3 Å². The number of hydrogen-bond donors (Lipinski definition) is 1. The second kappa shape index (κ2) is 3.57. The summed E-state index contributed by atoms with van der Waals surface area (Å²) >= 11 is 0. The molecule has 0 saturated carbocycles. The van der Waals surface area contributed by atoms with Gasteiger partial charge in [-0.25, -0.2) is 0 Å². The summed E-state index contributed by atoms with van der Waals surface area (Å²) in [7, 11) is 2.06. The van der Waals surface area contributed by atoms with Crippen molar-refractivity contribution in [1.82, 2.24) is 0 Å². The average Bonchev–Trinajstić information content (AvgIpc) is 2.59. The van der Waals surface area contributed by atoms with E-state index in [0.29, 0.717) is 0 Å². The Kier molecular flexibility index (Phi) is 2.39. The van der Waals surface area contributed by atoms with E-state index in [0.717, 1.165) is 18.5 Å². The molecule has 0 bridgehead atoms. The molecule has 1 N–H and O–H groups in total. The van der Waals surface area contributed by atoms with Gasteiger partial charge in [0.2, 0.25) is 0 Å². The molecule has 1 aromatic rings. The van der Waals surface area contributed by atoms with Gasteiger partial charge in [-0.3, -0.25) is 4.79 Å². The third-order valence-electron chi connectivity index (χ3n) is 3.10. The highest BCUT2D eigenvalue weighted by atomic mass is 16.4. The van der Waals surface area contributed by atoms with Gasteiger partial charge in [0.05, 0.1) is 5.92 Å². The van der Waals surface area contributed by atoms with Gasteiger partial charge in [-0.05, 0) is 30.5 Å². The molecule has 0 aromatic heterocycles. The summed E-state index contributed by atoms with van der Waals surface area (Å²) in [6.07, 6.45) is 1.02. The molecule has 1 aliphatic rings. The number of anilines is 1. The maximum atomic E-state index is 10.9. The quantitative estimate of drug-likeness (QED) is 0.801. The number of hydrogen-bond acceptors (Lipinski definition) is 2. The van der Waals surface area contributed by atoms with E-state index in [4.69, 9.17) is 5.11 Å². The highest BCUT2D eigenvalue weighted by molar-refractivity contribution is 5.76. The summed E-state index contributed by atoms with van der Waals surface area (Å²) in [4.78, 5) is 13.1. The van der Waals surface area contributed by atoms with Crippen LogP contribution in [0.15, 0.2) is 18.2 Å². The molecular weight excluding hydrogens is 190 g/mol. The summed E-state index contributed by atoms with van der Waals surface area (Å²) in [5, 5.41) is 8.93. The van der Waals surface area contributed by atoms with Crippen LogP contribution < -0.4 is 4.90 Å². The minimum absolute atomic E-state index is 0.416. The molecule has 15 heavy (non-hydrogen) atoms. The van der Waals surface area contributed by atoms with Crippen molar-refractivity contribution in [2.24, 2.45) is 0 Å². The van der Waals surface area contributed by atoms with Crippen molar-refractivity contribution in [2.45, 2.75) is 19.3 Å². The van der Waals surface area contributed by atoms with E-state index < -0.39 is 11.9 Å². The van der Waals surface area contributed by atoms with Crippen LogP contribution in [0.2, 0.25) is 0 Å².